The van der Waals surface area contributed by atoms with E-state index < -0.39 is 5.91 Å². The van der Waals surface area contributed by atoms with Crippen LogP contribution in [0.1, 0.15) is 66.4 Å². The third kappa shape index (κ3) is 8.22. The fraction of sp³-hybridized carbons (Fsp3) is 0.500. The number of amides is 1. The van der Waals surface area contributed by atoms with Crippen LogP contribution in [0.3, 0.4) is 0 Å². The fourth-order valence-corrected chi connectivity index (χ4v) is 5.07. The summed E-state index contributed by atoms with van der Waals surface area (Å²) in [6.07, 6.45) is 13.3. The SMILES string of the molecule is COc1c(C(N)=O)ccc2c1N(CCCC/C=C/CCCS)CC(CCCc1cccc(C)c1)CO2. The molecule has 2 aromatic carbocycles. The van der Waals surface area contributed by atoms with E-state index in [1.807, 2.05) is 6.07 Å². The van der Waals surface area contributed by atoms with Crippen molar-refractivity contribution >= 4 is 24.2 Å². The van der Waals surface area contributed by atoms with Crippen LogP contribution in [-0.2, 0) is 6.42 Å². The van der Waals surface area contributed by atoms with Gasteiger partial charge < -0.3 is 20.1 Å². The molecule has 0 saturated heterocycles. The van der Waals surface area contributed by atoms with E-state index >= 15 is 0 Å². The lowest BCUT2D eigenvalue weighted by Gasteiger charge is -2.28. The predicted molar refractivity (Wildman–Crippen MR) is 153 cm³/mol. The first-order chi connectivity index (χ1) is 17.5. The lowest BCUT2D eigenvalue weighted by molar-refractivity contribution is 0.0997. The van der Waals surface area contributed by atoms with Gasteiger partial charge in [-0.05, 0) is 81.7 Å². The van der Waals surface area contributed by atoms with E-state index in [4.69, 9.17) is 15.2 Å². The average molecular weight is 511 g/mol. The Hall–Kier alpha value is -2.60. The highest BCUT2D eigenvalue weighted by molar-refractivity contribution is 7.80. The largest absolute Gasteiger partial charge is 0.494 e. The highest BCUT2D eigenvalue weighted by Gasteiger charge is 2.28. The molecule has 5 nitrogen and oxygen atoms in total. The summed E-state index contributed by atoms with van der Waals surface area (Å²) in [5.74, 6) is 2.13. The van der Waals surface area contributed by atoms with Crippen molar-refractivity contribution < 1.29 is 14.3 Å². The number of fused-ring (bicyclic) bond motifs is 1. The van der Waals surface area contributed by atoms with Crippen molar-refractivity contribution in [2.24, 2.45) is 11.7 Å². The maximum absolute atomic E-state index is 12.1. The zero-order chi connectivity index (χ0) is 25.8. The van der Waals surface area contributed by atoms with Gasteiger partial charge in [0.05, 0.1) is 19.3 Å². The molecule has 0 aromatic heterocycles. The Morgan fingerprint density at radius 1 is 1.17 bits per heavy atom. The molecule has 1 heterocycles. The summed E-state index contributed by atoms with van der Waals surface area (Å²) < 4.78 is 12.0. The van der Waals surface area contributed by atoms with Crippen LogP contribution in [0.4, 0.5) is 5.69 Å². The number of hydrogen-bond acceptors (Lipinski definition) is 5. The molecule has 6 heteroatoms. The van der Waals surface area contributed by atoms with Crippen molar-refractivity contribution in [2.75, 3.05) is 37.5 Å². The predicted octanol–water partition coefficient (Wildman–Crippen LogP) is 6.38. The number of primary amides is 1. The highest BCUT2D eigenvalue weighted by atomic mass is 32.1. The number of nitrogens with zero attached hydrogens (tertiary/aromatic N) is 1. The summed E-state index contributed by atoms with van der Waals surface area (Å²) >= 11 is 4.27. The number of allylic oxidation sites excluding steroid dienone is 2. The van der Waals surface area contributed by atoms with E-state index in [1.165, 1.54) is 11.1 Å². The number of hydrogen-bond donors (Lipinski definition) is 2. The number of anilines is 1. The van der Waals surface area contributed by atoms with Crippen molar-refractivity contribution in [1.82, 2.24) is 0 Å². The van der Waals surface area contributed by atoms with Crippen LogP contribution in [0.15, 0.2) is 48.6 Å². The lowest BCUT2D eigenvalue weighted by atomic mass is 9.98. The van der Waals surface area contributed by atoms with Gasteiger partial charge in [0.25, 0.3) is 5.91 Å². The van der Waals surface area contributed by atoms with Gasteiger partial charge >= 0.3 is 0 Å². The minimum Gasteiger partial charge on any atom is -0.494 e. The molecular weight excluding hydrogens is 468 g/mol. The van der Waals surface area contributed by atoms with E-state index in [0.29, 0.717) is 23.8 Å². The van der Waals surface area contributed by atoms with Gasteiger partial charge in [-0.15, -0.1) is 0 Å². The summed E-state index contributed by atoms with van der Waals surface area (Å²) in [6, 6.07) is 12.3. The van der Waals surface area contributed by atoms with Crippen molar-refractivity contribution in [3.63, 3.8) is 0 Å². The number of thiol groups is 1. The van der Waals surface area contributed by atoms with Crippen LogP contribution in [0.2, 0.25) is 0 Å². The Morgan fingerprint density at radius 3 is 2.69 bits per heavy atom. The number of carbonyl (C=O) groups excluding carboxylic acids is 1. The average Bonchev–Trinajstić information content (AvgIpc) is 3.04. The van der Waals surface area contributed by atoms with Crippen LogP contribution in [0, 0.1) is 12.8 Å². The molecule has 2 N–H and O–H groups in total. The third-order valence-corrected chi connectivity index (χ3v) is 7.05. The second-order valence-corrected chi connectivity index (χ2v) is 10.1. The Bertz CT molecular complexity index is 1010. The van der Waals surface area contributed by atoms with Crippen molar-refractivity contribution in [1.29, 1.82) is 0 Å². The molecule has 196 valence electrons. The molecule has 0 spiro atoms. The number of unbranched alkanes of at least 4 members (excludes halogenated alkanes) is 3. The third-order valence-electron chi connectivity index (χ3n) is 6.74. The maximum atomic E-state index is 12.1. The van der Waals surface area contributed by atoms with E-state index in [0.717, 1.165) is 81.6 Å². The summed E-state index contributed by atoms with van der Waals surface area (Å²) in [7, 11) is 1.60. The van der Waals surface area contributed by atoms with E-state index in [9.17, 15) is 4.79 Å². The van der Waals surface area contributed by atoms with Crippen LogP contribution >= 0.6 is 12.6 Å². The molecule has 1 aliphatic rings. The minimum absolute atomic E-state index is 0.394. The number of aryl methyl sites for hydroxylation is 2. The van der Waals surface area contributed by atoms with E-state index in [2.05, 4.69) is 60.9 Å². The zero-order valence-electron chi connectivity index (χ0n) is 21.9. The zero-order valence-corrected chi connectivity index (χ0v) is 22.8. The van der Waals surface area contributed by atoms with Crippen molar-refractivity contribution in [2.45, 2.75) is 58.3 Å². The second-order valence-electron chi connectivity index (χ2n) is 9.69. The van der Waals surface area contributed by atoms with Gasteiger partial charge in [0.1, 0.15) is 11.4 Å². The minimum atomic E-state index is -0.486. The number of nitrogens with two attached hydrogens (primary N) is 1. The Kier molecular flexibility index (Phi) is 11.5. The van der Waals surface area contributed by atoms with Crippen LogP contribution in [-0.4, -0.2) is 38.5 Å². The van der Waals surface area contributed by atoms with Crippen molar-refractivity contribution in [3.05, 3.63) is 65.2 Å². The van der Waals surface area contributed by atoms with E-state index in [1.54, 1.807) is 13.2 Å². The molecular formula is C30H42N2O3S. The van der Waals surface area contributed by atoms with Gasteiger partial charge in [0.2, 0.25) is 0 Å². The standard InChI is InChI=1S/C30H42N2O3S/c1-23-12-10-13-24(20-23)14-11-15-25-21-32(18-8-6-4-3-5-7-9-19-36)28-27(35-22-25)17-16-26(30(31)33)29(28)34-2/h3,5,10,12-13,16-17,20,25,36H,4,6-9,11,14-15,18-19,21-22H2,1-2H3,(H2,31,33)/b5-3+. The molecule has 36 heavy (non-hydrogen) atoms. The fourth-order valence-electron chi connectivity index (χ4n) is 4.88. The molecule has 1 aliphatic heterocycles. The lowest BCUT2D eigenvalue weighted by Crippen LogP contribution is -2.31. The molecule has 0 radical (unpaired) electrons. The number of rotatable bonds is 14. The first kappa shape index (κ1) is 28.0. The van der Waals surface area contributed by atoms with Crippen LogP contribution < -0.4 is 20.1 Å². The first-order valence-corrected chi connectivity index (χ1v) is 13.9. The number of ether oxygens (including phenoxy) is 2. The molecule has 1 amide bonds. The van der Waals surface area contributed by atoms with Gasteiger partial charge in [0.15, 0.2) is 5.75 Å². The van der Waals surface area contributed by atoms with Gasteiger partial charge in [0, 0.05) is 19.0 Å². The second kappa shape index (κ2) is 14.8. The smallest absolute Gasteiger partial charge is 0.252 e. The van der Waals surface area contributed by atoms with Gasteiger partial charge in [-0.1, -0.05) is 42.0 Å². The Labute approximate surface area is 222 Å². The molecule has 0 fully saturated rings. The number of carbonyl (C=O) groups is 1. The molecule has 0 aliphatic carbocycles. The molecule has 0 bridgehead atoms. The monoisotopic (exact) mass is 510 g/mol. The van der Waals surface area contributed by atoms with Crippen LogP contribution in [0.25, 0.3) is 0 Å². The molecule has 3 rings (SSSR count). The Morgan fingerprint density at radius 2 is 1.97 bits per heavy atom. The molecule has 2 aromatic rings. The Balaban J connectivity index is 1.69. The number of benzene rings is 2. The van der Waals surface area contributed by atoms with Gasteiger partial charge in [-0.25, -0.2) is 0 Å². The highest BCUT2D eigenvalue weighted by Crippen LogP contribution is 2.43. The number of methoxy groups -OCH3 is 1. The maximum Gasteiger partial charge on any atom is 0.252 e. The summed E-state index contributed by atoms with van der Waals surface area (Å²) in [6.45, 7) is 4.55. The molecule has 1 unspecified atom stereocenters. The van der Waals surface area contributed by atoms with E-state index in [-0.39, 0.29) is 0 Å². The summed E-state index contributed by atoms with van der Waals surface area (Å²) in [5.41, 5.74) is 9.62. The van der Waals surface area contributed by atoms with Crippen molar-refractivity contribution in [3.8, 4) is 11.5 Å². The van der Waals surface area contributed by atoms with Gasteiger partial charge in [-0.3, -0.25) is 4.79 Å². The van der Waals surface area contributed by atoms with Crippen LogP contribution in [0.5, 0.6) is 11.5 Å². The summed E-state index contributed by atoms with van der Waals surface area (Å²) in [4.78, 5) is 14.5. The molecule has 1 atom stereocenters. The molecule has 0 saturated carbocycles. The summed E-state index contributed by atoms with van der Waals surface area (Å²) in [5, 5.41) is 0. The topological polar surface area (TPSA) is 64.8 Å². The van der Waals surface area contributed by atoms with Gasteiger partial charge in [-0.2, -0.15) is 12.6 Å². The first-order valence-electron chi connectivity index (χ1n) is 13.2. The quantitative estimate of drug-likeness (QED) is 0.176. The normalized spacial score (nSPS) is 15.4.